The average molecular weight is 628 g/mol. The largest absolute Gasteiger partial charge is 0.423 e. The third-order valence-electron chi connectivity index (χ3n) is 11.8. The lowest BCUT2D eigenvalue weighted by Gasteiger charge is -2.51. The van der Waals surface area contributed by atoms with Crippen molar-refractivity contribution in [2.75, 3.05) is 13.6 Å². The highest BCUT2D eigenvalue weighted by molar-refractivity contribution is 5.91. The smallest absolute Gasteiger partial charge is 0.343 e. The van der Waals surface area contributed by atoms with Crippen molar-refractivity contribution in [3.8, 4) is 5.75 Å². The molecule has 0 bridgehead atoms. The van der Waals surface area contributed by atoms with E-state index in [0.29, 0.717) is 53.1 Å². The maximum Gasteiger partial charge on any atom is 0.343 e. The Balaban J connectivity index is 1.13. The Hall–Kier alpha value is -2.95. The Kier molecular flexibility index (Phi) is 12.1. The number of carbonyl (C=O) groups is 3. The molecule has 3 aliphatic rings. The first-order valence-corrected chi connectivity index (χ1v) is 18.5. The number of ether oxygens (including phenoxy) is 1. The Morgan fingerprint density at radius 2 is 1.63 bits per heavy atom. The monoisotopic (exact) mass is 627 g/mol. The lowest BCUT2D eigenvalue weighted by atomic mass is 9.52. The van der Waals surface area contributed by atoms with Gasteiger partial charge < -0.3 is 9.64 Å². The fraction of sp³-hybridized carbons (Fsp3) is 0.634. The summed E-state index contributed by atoms with van der Waals surface area (Å²) >= 11 is 0. The van der Waals surface area contributed by atoms with Gasteiger partial charge in [0.2, 0.25) is 5.91 Å². The van der Waals surface area contributed by atoms with Gasteiger partial charge in [-0.05, 0) is 104 Å². The second kappa shape index (κ2) is 16.2. The highest BCUT2D eigenvalue weighted by Crippen LogP contribution is 2.61. The van der Waals surface area contributed by atoms with Crippen LogP contribution < -0.4 is 4.74 Å². The van der Waals surface area contributed by atoms with Crippen LogP contribution in [0.1, 0.15) is 144 Å². The molecular formula is C41H57NO4. The van der Waals surface area contributed by atoms with Crippen molar-refractivity contribution in [1.29, 1.82) is 0 Å². The van der Waals surface area contributed by atoms with Crippen molar-refractivity contribution >= 4 is 17.7 Å². The Bertz CT molecular complexity index is 1320. The zero-order valence-corrected chi connectivity index (χ0v) is 28.7. The molecule has 250 valence electrons. The highest BCUT2D eigenvalue weighted by atomic mass is 16.5. The number of hydrogen-bond donors (Lipinski definition) is 0. The minimum absolute atomic E-state index is 0.141. The number of amides is 1. The van der Waals surface area contributed by atoms with Crippen LogP contribution in [0.5, 0.6) is 5.75 Å². The molecule has 5 atom stereocenters. The summed E-state index contributed by atoms with van der Waals surface area (Å²) in [6, 6.07) is 15.5. The van der Waals surface area contributed by atoms with Gasteiger partial charge >= 0.3 is 5.97 Å². The Labute approximate surface area is 277 Å². The first-order valence-electron chi connectivity index (χ1n) is 18.5. The van der Waals surface area contributed by atoms with E-state index >= 15 is 0 Å². The van der Waals surface area contributed by atoms with Crippen LogP contribution in [0, 0.1) is 23.2 Å². The number of nitrogens with zero attached hydrogens (tertiary/aromatic N) is 1. The predicted molar refractivity (Wildman–Crippen MR) is 185 cm³/mol. The lowest BCUT2D eigenvalue weighted by molar-refractivity contribution is -0.130. The third kappa shape index (κ3) is 8.12. The molecule has 5 nitrogen and oxygen atoms in total. The minimum Gasteiger partial charge on any atom is -0.423 e. The van der Waals surface area contributed by atoms with Crippen LogP contribution >= 0.6 is 0 Å². The molecule has 2 saturated carbocycles. The van der Waals surface area contributed by atoms with Crippen LogP contribution in [-0.4, -0.2) is 36.2 Å². The molecule has 0 spiro atoms. The lowest BCUT2D eigenvalue weighted by Crippen LogP contribution is -2.46. The molecule has 0 aromatic heterocycles. The zero-order valence-electron chi connectivity index (χ0n) is 28.7. The highest BCUT2D eigenvalue weighted by Gasteiger charge is 2.56. The van der Waals surface area contributed by atoms with Crippen molar-refractivity contribution in [3.05, 3.63) is 65.2 Å². The van der Waals surface area contributed by atoms with Gasteiger partial charge in [0.1, 0.15) is 11.5 Å². The van der Waals surface area contributed by atoms with Gasteiger partial charge in [0.15, 0.2) is 0 Å². The van der Waals surface area contributed by atoms with Crippen LogP contribution in [0.15, 0.2) is 48.5 Å². The second-order valence-corrected chi connectivity index (χ2v) is 14.8. The molecule has 0 aliphatic heterocycles. The molecule has 0 unspecified atom stereocenters. The molecule has 2 aromatic carbocycles. The summed E-state index contributed by atoms with van der Waals surface area (Å²) in [6.45, 7) is 5.31. The van der Waals surface area contributed by atoms with Crippen molar-refractivity contribution in [3.63, 3.8) is 0 Å². The SMILES string of the molecule is CCCCN(C)C(=O)CCCCCCCCCC[C@@H]1Cc2cc(OC(=O)c3ccccc3)ccc2[C@H]2CC[C@]3(C)C(=O)CC[C@H]3[C@H]12. The van der Waals surface area contributed by atoms with Crippen LogP contribution in [0.2, 0.25) is 0 Å². The molecule has 5 rings (SSSR count). The van der Waals surface area contributed by atoms with E-state index in [2.05, 4.69) is 26.0 Å². The predicted octanol–water partition coefficient (Wildman–Crippen LogP) is 9.72. The van der Waals surface area contributed by atoms with Gasteiger partial charge in [-0.25, -0.2) is 4.79 Å². The van der Waals surface area contributed by atoms with Gasteiger partial charge in [-0.3, -0.25) is 9.59 Å². The van der Waals surface area contributed by atoms with Crippen molar-refractivity contribution in [2.24, 2.45) is 23.2 Å². The standard InChI is InChI=1S/C41H57NO4/c1-4-5-27-42(3)38(44)20-16-11-9-7-6-8-10-13-19-31-28-32-29-33(46-40(45)30-17-14-12-15-18-30)21-22-34(32)35-25-26-41(2)36(39(31)35)23-24-37(41)43/h12,14-15,17-18,21-22,29,31,35-36,39H,4-11,13,16,19-20,23-28H2,1-3H3/t31-,35-,36+,39-,41+/m1/s1. The van der Waals surface area contributed by atoms with Crippen molar-refractivity contribution in [1.82, 2.24) is 4.90 Å². The summed E-state index contributed by atoms with van der Waals surface area (Å²) in [4.78, 5) is 40.0. The third-order valence-corrected chi connectivity index (χ3v) is 11.8. The fourth-order valence-electron chi connectivity index (χ4n) is 9.08. The first kappa shape index (κ1) is 34.4. The molecule has 5 heteroatoms. The molecule has 0 radical (unpaired) electrons. The van der Waals surface area contributed by atoms with E-state index in [1.54, 1.807) is 12.1 Å². The van der Waals surface area contributed by atoms with Crippen LogP contribution in [-0.2, 0) is 16.0 Å². The maximum atomic E-state index is 13.1. The summed E-state index contributed by atoms with van der Waals surface area (Å²) in [5.41, 5.74) is 3.19. The molecule has 1 amide bonds. The summed E-state index contributed by atoms with van der Waals surface area (Å²) in [5, 5.41) is 0. The number of Topliss-reactive ketones (excluding diaryl/α,β-unsaturated/α-hetero) is 1. The van der Waals surface area contributed by atoms with Gasteiger partial charge in [-0.2, -0.15) is 0 Å². The van der Waals surface area contributed by atoms with Crippen LogP contribution in [0.25, 0.3) is 0 Å². The summed E-state index contributed by atoms with van der Waals surface area (Å²) < 4.78 is 5.83. The van der Waals surface area contributed by atoms with Crippen molar-refractivity contribution in [2.45, 2.75) is 129 Å². The van der Waals surface area contributed by atoms with E-state index in [4.69, 9.17) is 4.74 Å². The van der Waals surface area contributed by atoms with Gasteiger partial charge in [0.05, 0.1) is 5.56 Å². The van der Waals surface area contributed by atoms with Gasteiger partial charge in [0, 0.05) is 31.8 Å². The molecular weight excluding hydrogens is 570 g/mol. The van der Waals surface area contributed by atoms with E-state index in [0.717, 1.165) is 64.3 Å². The maximum absolute atomic E-state index is 13.1. The molecule has 0 N–H and O–H groups in total. The van der Waals surface area contributed by atoms with E-state index in [9.17, 15) is 14.4 Å². The summed E-state index contributed by atoms with van der Waals surface area (Å²) in [7, 11) is 1.94. The molecule has 2 aromatic rings. The normalized spacial score (nSPS) is 25.0. The molecule has 2 fully saturated rings. The minimum atomic E-state index is -0.313. The molecule has 0 heterocycles. The average Bonchev–Trinajstić information content (AvgIpc) is 3.37. The van der Waals surface area contributed by atoms with Crippen LogP contribution in [0.4, 0.5) is 0 Å². The Morgan fingerprint density at radius 1 is 0.913 bits per heavy atom. The zero-order chi connectivity index (χ0) is 32.5. The number of unbranched alkanes of at least 4 members (excludes halogenated alkanes) is 8. The number of carbonyl (C=O) groups excluding carboxylic acids is 3. The van der Waals surface area contributed by atoms with E-state index in [1.165, 1.54) is 56.1 Å². The second-order valence-electron chi connectivity index (χ2n) is 14.8. The number of benzene rings is 2. The van der Waals surface area contributed by atoms with Gasteiger partial charge in [0.25, 0.3) is 0 Å². The quantitative estimate of drug-likeness (QED) is 0.106. The molecule has 0 saturated heterocycles. The number of hydrogen-bond acceptors (Lipinski definition) is 4. The fourth-order valence-corrected chi connectivity index (χ4v) is 9.08. The molecule has 46 heavy (non-hydrogen) atoms. The first-order chi connectivity index (χ1) is 22.3. The number of esters is 1. The molecule has 3 aliphatic carbocycles. The van der Waals surface area contributed by atoms with Gasteiger partial charge in [-0.1, -0.05) is 89.5 Å². The number of rotatable bonds is 16. The van der Waals surface area contributed by atoms with Crippen molar-refractivity contribution < 1.29 is 19.1 Å². The topological polar surface area (TPSA) is 63.7 Å². The number of ketones is 1. The Morgan fingerprint density at radius 3 is 2.37 bits per heavy atom. The number of fused-ring (bicyclic) bond motifs is 5. The summed E-state index contributed by atoms with van der Waals surface area (Å²) in [5.74, 6) is 3.24. The van der Waals surface area contributed by atoms with E-state index < -0.39 is 0 Å². The van der Waals surface area contributed by atoms with E-state index in [-0.39, 0.29) is 11.4 Å². The van der Waals surface area contributed by atoms with Gasteiger partial charge in [-0.15, -0.1) is 0 Å². The van der Waals surface area contributed by atoms with Crippen LogP contribution in [0.3, 0.4) is 0 Å². The van der Waals surface area contributed by atoms with E-state index in [1.807, 2.05) is 36.2 Å². The summed E-state index contributed by atoms with van der Waals surface area (Å²) in [6.07, 6.45) is 18.7.